The number of fused-ring (bicyclic) bond motifs is 1. The van der Waals surface area contributed by atoms with Crippen LogP contribution in [0.2, 0.25) is 0 Å². The molecule has 0 radical (unpaired) electrons. The molecule has 2 aromatic rings. The Morgan fingerprint density at radius 2 is 1.86 bits per heavy atom. The van der Waals surface area contributed by atoms with Crippen LogP contribution in [-0.2, 0) is 23.8 Å². The number of benzene rings is 2. The summed E-state index contributed by atoms with van der Waals surface area (Å²) in [6, 6.07) is 13.0. The fourth-order valence-electron chi connectivity index (χ4n) is 6.01. The molecular formula is C29H29NO7. The van der Waals surface area contributed by atoms with E-state index in [9.17, 15) is 14.8 Å². The van der Waals surface area contributed by atoms with Crippen LogP contribution in [0.25, 0.3) is 0 Å². The number of nitrogens with zero attached hydrogens (tertiary/aromatic N) is 1. The van der Waals surface area contributed by atoms with E-state index in [2.05, 4.69) is 6.08 Å². The molecular weight excluding hydrogens is 474 g/mol. The molecule has 0 aromatic heterocycles. The Morgan fingerprint density at radius 3 is 2.57 bits per heavy atom. The number of para-hydroxylation sites is 1. The number of rotatable bonds is 7. The molecule has 8 nitrogen and oxygen atoms in total. The predicted octanol–water partition coefficient (Wildman–Crippen LogP) is 4.68. The maximum absolute atomic E-state index is 14.6. The van der Waals surface area contributed by atoms with Gasteiger partial charge in [0.2, 0.25) is 0 Å². The molecule has 1 aliphatic carbocycles. The number of allylic oxidation sites excluding steroid dienone is 4. The average Bonchev–Trinajstić information content (AvgIpc) is 3.54. The number of carbonyl (C=O) groups excluding carboxylic acids is 2. The minimum Gasteiger partial charge on any atom is -0.617 e. The van der Waals surface area contributed by atoms with E-state index in [0.29, 0.717) is 30.0 Å². The first-order valence-corrected chi connectivity index (χ1v) is 12.7. The van der Waals surface area contributed by atoms with Crippen LogP contribution in [-0.4, -0.2) is 43.0 Å². The molecule has 4 aliphatic rings. The summed E-state index contributed by atoms with van der Waals surface area (Å²) in [6.45, 7) is 3.43. The van der Waals surface area contributed by atoms with Crippen LogP contribution in [0, 0.1) is 25.0 Å². The molecule has 0 N–H and O–H groups in total. The van der Waals surface area contributed by atoms with E-state index < -0.39 is 22.8 Å². The highest BCUT2D eigenvalue weighted by molar-refractivity contribution is 5.78. The summed E-state index contributed by atoms with van der Waals surface area (Å²) >= 11 is 0. The quantitative estimate of drug-likeness (QED) is 0.308. The third-order valence-electron chi connectivity index (χ3n) is 7.71. The van der Waals surface area contributed by atoms with Crippen molar-refractivity contribution in [1.29, 1.82) is 0 Å². The molecule has 192 valence electrons. The van der Waals surface area contributed by atoms with Crippen molar-refractivity contribution in [3.05, 3.63) is 82.7 Å². The predicted molar refractivity (Wildman–Crippen MR) is 136 cm³/mol. The van der Waals surface area contributed by atoms with E-state index in [4.69, 9.17) is 18.9 Å². The van der Waals surface area contributed by atoms with E-state index in [1.165, 1.54) is 0 Å². The Hall–Kier alpha value is -3.46. The second-order valence-electron chi connectivity index (χ2n) is 10.1. The first kappa shape index (κ1) is 23.9. The van der Waals surface area contributed by atoms with Gasteiger partial charge in [0.05, 0.1) is 12.0 Å². The normalized spacial score (nSPS) is 29.0. The molecule has 0 spiro atoms. The molecule has 8 heteroatoms. The molecule has 2 aromatic carbocycles. The zero-order valence-corrected chi connectivity index (χ0v) is 20.8. The van der Waals surface area contributed by atoms with Crippen LogP contribution in [0.4, 0.5) is 11.4 Å². The molecule has 6 unspecified atom stereocenters. The van der Waals surface area contributed by atoms with Crippen molar-refractivity contribution in [3.8, 4) is 5.75 Å². The van der Waals surface area contributed by atoms with Gasteiger partial charge >= 0.3 is 11.9 Å². The highest BCUT2D eigenvalue weighted by atomic mass is 16.7. The standard InChI is InChI=1S/C29H29NO7/c1-17-13-21(30(33,19-9-5-3-6-10-19)20-11-7-4-8-12-20)14-18(2)25(17)34-16-24(31)36-27-23-15-22-26(35-23)28(27)37-29(22)32/h3-7,9-11,13-14,22-23,26-28H,8,12,15-16H2,1-2H3. The van der Waals surface area contributed by atoms with Crippen molar-refractivity contribution in [2.45, 2.75) is 57.5 Å². The Labute approximate surface area is 215 Å². The summed E-state index contributed by atoms with van der Waals surface area (Å²) in [5, 5.41) is 14.6. The van der Waals surface area contributed by atoms with Gasteiger partial charge in [-0.3, -0.25) is 9.44 Å². The maximum atomic E-state index is 14.6. The van der Waals surface area contributed by atoms with Crippen molar-refractivity contribution in [3.63, 3.8) is 0 Å². The van der Waals surface area contributed by atoms with Gasteiger partial charge in [0.1, 0.15) is 28.9 Å². The van der Waals surface area contributed by atoms with Crippen LogP contribution >= 0.6 is 0 Å². The van der Waals surface area contributed by atoms with Crippen molar-refractivity contribution in [2.24, 2.45) is 5.92 Å². The molecule has 37 heavy (non-hydrogen) atoms. The summed E-state index contributed by atoms with van der Waals surface area (Å²) in [5.41, 5.74) is 3.46. The summed E-state index contributed by atoms with van der Waals surface area (Å²) in [7, 11) is 0. The molecule has 3 saturated heterocycles. The number of hydrogen-bond acceptors (Lipinski definition) is 7. The average molecular weight is 504 g/mol. The van der Waals surface area contributed by atoms with Crippen molar-refractivity contribution in [1.82, 2.24) is 4.65 Å². The van der Waals surface area contributed by atoms with E-state index in [-0.39, 0.29) is 30.7 Å². The smallest absolute Gasteiger partial charge is 0.344 e. The molecule has 0 saturated carbocycles. The molecule has 3 fully saturated rings. The van der Waals surface area contributed by atoms with Gasteiger partial charge < -0.3 is 24.2 Å². The van der Waals surface area contributed by atoms with Gasteiger partial charge in [-0.25, -0.2) is 4.79 Å². The third kappa shape index (κ3) is 3.96. The Bertz CT molecular complexity index is 1280. The van der Waals surface area contributed by atoms with Gasteiger partial charge in [0.25, 0.3) is 0 Å². The number of quaternary nitrogens is 1. The van der Waals surface area contributed by atoms with E-state index in [1.807, 2.05) is 68.5 Å². The van der Waals surface area contributed by atoms with Gasteiger partial charge in [-0.2, -0.15) is 0 Å². The number of hydrogen-bond donors (Lipinski definition) is 0. The molecule has 3 aliphatic heterocycles. The second kappa shape index (κ2) is 9.13. The number of ether oxygens (including phenoxy) is 4. The van der Waals surface area contributed by atoms with Crippen LogP contribution in [0.15, 0.2) is 66.4 Å². The lowest BCUT2D eigenvalue weighted by Gasteiger charge is -2.43. The lowest BCUT2D eigenvalue weighted by molar-refractivity contribution is -0.162. The van der Waals surface area contributed by atoms with Crippen molar-refractivity contribution < 1.29 is 28.5 Å². The van der Waals surface area contributed by atoms with Gasteiger partial charge in [-0.05, 0) is 43.9 Å². The summed E-state index contributed by atoms with van der Waals surface area (Å²) in [5.74, 6) is -0.537. The van der Waals surface area contributed by atoms with Crippen LogP contribution in [0.3, 0.4) is 0 Å². The Balaban J connectivity index is 1.20. The summed E-state index contributed by atoms with van der Waals surface area (Å²) < 4.78 is 21.9. The third-order valence-corrected chi connectivity index (χ3v) is 7.71. The monoisotopic (exact) mass is 503 g/mol. The number of hydroxylamine groups is 1. The molecule has 6 rings (SSSR count). The van der Waals surface area contributed by atoms with Gasteiger partial charge in [-0.1, -0.05) is 30.4 Å². The number of aryl methyl sites for hydroxylation is 2. The fourth-order valence-corrected chi connectivity index (χ4v) is 6.01. The minimum atomic E-state index is -0.680. The largest absolute Gasteiger partial charge is 0.617 e. The minimum absolute atomic E-state index is 0.243. The Morgan fingerprint density at radius 1 is 1.11 bits per heavy atom. The fraction of sp³-hybridized carbons (Fsp3) is 0.379. The van der Waals surface area contributed by atoms with Crippen LogP contribution in [0.5, 0.6) is 5.75 Å². The van der Waals surface area contributed by atoms with E-state index in [0.717, 1.165) is 23.2 Å². The highest BCUT2D eigenvalue weighted by Crippen LogP contribution is 2.47. The molecule has 6 atom stereocenters. The summed E-state index contributed by atoms with van der Waals surface area (Å²) in [6.07, 6.45) is 6.12. The SMILES string of the molecule is Cc1cc([N+]([O-])(C2=CC=CCC2)c2ccccc2)cc(C)c1OCC(=O)OC1C2CC3C(=O)OC1C3O2. The first-order valence-electron chi connectivity index (χ1n) is 12.7. The zero-order chi connectivity index (χ0) is 25.7. The van der Waals surface area contributed by atoms with Gasteiger partial charge in [0.15, 0.2) is 18.8 Å². The lowest BCUT2D eigenvalue weighted by Crippen LogP contribution is -2.40. The summed E-state index contributed by atoms with van der Waals surface area (Å²) in [4.78, 5) is 24.5. The van der Waals surface area contributed by atoms with Crippen molar-refractivity contribution >= 4 is 23.3 Å². The molecule has 3 heterocycles. The van der Waals surface area contributed by atoms with E-state index in [1.54, 1.807) is 0 Å². The Kier molecular flexibility index (Phi) is 5.90. The van der Waals surface area contributed by atoms with Crippen LogP contribution in [0.1, 0.15) is 30.4 Å². The van der Waals surface area contributed by atoms with E-state index >= 15 is 0 Å². The first-order chi connectivity index (χ1) is 17.9. The zero-order valence-electron chi connectivity index (χ0n) is 20.8. The van der Waals surface area contributed by atoms with Crippen LogP contribution < -0.4 is 9.38 Å². The molecule has 2 bridgehead atoms. The van der Waals surface area contributed by atoms with Crippen molar-refractivity contribution in [2.75, 3.05) is 6.61 Å². The highest BCUT2D eigenvalue weighted by Gasteiger charge is 2.65. The number of carbonyl (C=O) groups is 2. The maximum Gasteiger partial charge on any atom is 0.344 e. The van der Waals surface area contributed by atoms with Gasteiger partial charge in [0, 0.05) is 30.7 Å². The van der Waals surface area contributed by atoms with Gasteiger partial charge in [-0.15, -0.1) is 0 Å². The number of esters is 2. The topological polar surface area (TPSA) is 94.1 Å². The lowest BCUT2D eigenvalue weighted by atomic mass is 9.88. The second-order valence-corrected chi connectivity index (χ2v) is 10.1. The molecule has 0 amide bonds.